The van der Waals surface area contributed by atoms with Crippen LogP contribution < -0.4 is 37.1 Å². The number of anilines is 1. The van der Waals surface area contributed by atoms with Crippen LogP contribution in [0.15, 0.2) is 72.2 Å². The predicted octanol–water partition coefficient (Wildman–Crippen LogP) is 4.88. The van der Waals surface area contributed by atoms with Gasteiger partial charge in [0.1, 0.15) is 30.5 Å². The first-order valence-electron chi connectivity index (χ1n) is 25.0. The van der Waals surface area contributed by atoms with Gasteiger partial charge in [-0.2, -0.15) is 0 Å². The standard InChI is InChI=1S/C54H68N8O8S/c1-32-47(71-31-57-32)35-16-19-37(20-17-35)54(24-25-54)60-50(67)42-28-39(63)29-61(42)52(69)48(53(2,3)4)59-45(65)15-7-5-6-10-33-11-8-14-40(26-33)70-30-38(21-23-44(56)64)58-49(66)43-27-36-13-9-12-34-18-22-41(55)51(68)62(43)46(34)36/h8-9,11-14,16-17,19-20,26,31,38-39,41-43,48,63H,5-7,10,15,18,21-25,27-30,55H2,1-4H3,(H2,56,64)(H,58,66)(H,59,65)(H,60,67)/t38-,39+,41-,42-,43-,48+/m0/s1. The van der Waals surface area contributed by atoms with Crippen molar-refractivity contribution < 1.29 is 38.6 Å². The van der Waals surface area contributed by atoms with Crippen molar-refractivity contribution in [2.75, 3.05) is 18.1 Å². The molecule has 4 heterocycles. The van der Waals surface area contributed by atoms with E-state index in [1.54, 1.807) is 16.2 Å². The second-order valence-electron chi connectivity index (χ2n) is 20.9. The molecule has 3 aliphatic heterocycles. The maximum atomic E-state index is 14.3. The Hall–Kier alpha value is -6.17. The van der Waals surface area contributed by atoms with E-state index in [4.69, 9.17) is 16.2 Å². The lowest BCUT2D eigenvalue weighted by molar-refractivity contribution is -0.144. The second kappa shape index (κ2) is 21.7. The molecule has 1 saturated carbocycles. The van der Waals surface area contributed by atoms with Crippen molar-refractivity contribution >= 4 is 52.5 Å². The van der Waals surface area contributed by atoms with Gasteiger partial charge in [0.15, 0.2) is 0 Å². The highest BCUT2D eigenvalue weighted by Crippen LogP contribution is 2.46. The fourth-order valence-electron chi connectivity index (χ4n) is 10.3. The van der Waals surface area contributed by atoms with E-state index in [1.807, 2.05) is 99.9 Å². The quantitative estimate of drug-likeness (QED) is 0.0657. The van der Waals surface area contributed by atoms with Gasteiger partial charge in [0.25, 0.3) is 0 Å². The number of primary amides is 1. The Labute approximate surface area is 419 Å². The number of nitrogens with two attached hydrogens (primary N) is 2. The molecular weight excluding hydrogens is 921 g/mol. The van der Waals surface area contributed by atoms with E-state index < -0.39 is 59.1 Å². The van der Waals surface area contributed by atoms with Crippen LogP contribution in [0, 0.1) is 12.3 Å². The number of hydrogen-bond donors (Lipinski definition) is 6. The van der Waals surface area contributed by atoms with Crippen LogP contribution in [0.2, 0.25) is 0 Å². The van der Waals surface area contributed by atoms with Gasteiger partial charge < -0.3 is 42.2 Å². The summed E-state index contributed by atoms with van der Waals surface area (Å²) >= 11 is 1.59. The summed E-state index contributed by atoms with van der Waals surface area (Å²) in [4.78, 5) is 89.2. The number of likely N-dealkylation sites (tertiary alicyclic amines) is 1. The number of β-amino-alcohol motifs (C(OH)–C–C–N with tert-alkyl or cyclic N) is 1. The number of benzene rings is 3. The molecule has 0 bridgehead atoms. The highest BCUT2D eigenvalue weighted by atomic mass is 32.1. The summed E-state index contributed by atoms with van der Waals surface area (Å²) in [5.41, 5.74) is 19.1. The summed E-state index contributed by atoms with van der Waals surface area (Å²) in [7, 11) is 0. The SMILES string of the molecule is Cc1ncsc1-c1ccc(C2(NC(=O)[C@@H]3C[C@@H](O)CN3C(=O)[C@@H](NC(=O)CCCCCc3cccc(OC[C@H](CCC(N)=O)NC(=O)[C@@H]4Cc5cccc6c5N4C(=O)[C@@H](N)CC6)c3)C(C)(C)C)CC2)cc1. The second-order valence-corrected chi connectivity index (χ2v) is 21.8. The fourth-order valence-corrected chi connectivity index (χ4v) is 11.1. The molecule has 4 aromatic rings. The summed E-state index contributed by atoms with van der Waals surface area (Å²) in [6, 6.07) is 17.8. The third-order valence-corrected chi connectivity index (χ3v) is 15.4. The minimum absolute atomic E-state index is 0.00260. The average Bonchev–Trinajstić information content (AvgIpc) is 3.61. The lowest BCUT2D eigenvalue weighted by Gasteiger charge is -2.35. The van der Waals surface area contributed by atoms with Crippen molar-refractivity contribution in [2.45, 2.75) is 153 Å². The number of aromatic nitrogens is 1. The molecule has 71 heavy (non-hydrogen) atoms. The van der Waals surface area contributed by atoms with Crippen LogP contribution in [0.5, 0.6) is 5.75 Å². The molecular formula is C54H68N8O8S. The van der Waals surface area contributed by atoms with Crippen molar-refractivity contribution in [3.63, 3.8) is 0 Å². The highest BCUT2D eigenvalue weighted by molar-refractivity contribution is 7.13. The number of ether oxygens (including phenoxy) is 1. The van der Waals surface area contributed by atoms with Gasteiger partial charge in [-0.25, -0.2) is 4.98 Å². The molecule has 16 nitrogen and oxygen atoms in total. The number of nitrogens with zero attached hydrogens (tertiary/aromatic N) is 3. The molecule has 6 atom stereocenters. The Kier molecular flexibility index (Phi) is 15.6. The average molecular weight is 989 g/mol. The molecule has 6 amide bonds. The van der Waals surface area contributed by atoms with Gasteiger partial charge in [0, 0.05) is 32.2 Å². The van der Waals surface area contributed by atoms with Crippen LogP contribution in [-0.4, -0.2) is 99.9 Å². The molecule has 8 N–H and O–H groups in total. The number of carbonyl (C=O) groups is 6. The van der Waals surface area contributed by atoms with Crippen LogP contribution >= 0.6 is 11.3 Å². The van der Waals surface area contributed by atoms with E-state index in [2.05, 4.69) is 20.9 Å². The Morgan fingerprint density at radius 1 is 0.944 bits per heavy atom. The van der Waals surface area contributed by atoms with Crippen LogP contribution in [0.3, 0.4) is 0 Å². The van der Waals surface area contributed by atoms with E-state index in [0.29, 0.717) is 31.4 Å². The lowest BCUT2D eigenvalue weighted by Crippen LogP contribution is -2.58. The molecule has 1 saturated heterocycles. The first-order valence-corrected chi connectivity index (χ1v) is 25.9. The topological polar surface area (TPSA) is 239 Å². The number of para-hydroxylation sites is 1. The number of thiazole rings is 1. The van der Waals surface area contributed by atoms with Crippen LogP contribution in [-0.2, 0) is 53.6 Å². The van der Waals surface area contributed by atoms with Gasteiger partial charge in [-0.1, -0.05) is 81.8 Å². The Balaban J connectivity index is 0.802. The van der Waals surface area contributed by atoms with E-state index >= 15 is 0 Å². The normalized spacial score (nSPS) is 20.9. The molecule has 1 aliphatic carbocycles. The first-order chi connectivity index (χ1) is 33.9. The van der Waals surface area contributed by atoms with Gasteiger partial charge >= 0.3 is 0 Å². The van der Waals surface area contributed by atoms with Crippen LogP contribution in [0.25, 0.3) is 10.4 Å². The molecule has 2 fully saturated rings. The zero-order valence-corrected chi connectivity index (χ0v) is 42.0. The number of aliphatic hydroxyl groups excluding tert-OH is 1. The van der Waals surface area contributed by atoms with Crippen LogP contribution in [0.1, 0.15) is 113 Å². The van der Waals surface area contributed by atoms with Crippen molar-refractivity contribution in [1.82, 2.24) is 25.8 Å². The third-order valence-electron chi connectivity index (χ3n) is 14.4. The van der Waals surface area contributed by atoms with Crippen LogP contribution in [0.4, 0.5) is 5.69 Å². The molecule has 378 valence electrons. The fraction of sp³-hybridized carbons (Fsp3) is 0.500. The maximum Gasteiger partial charge on any atom is 0.246 e. The van der Waals surface area contributed by atoms with E-state index in [0.717, 1.165) is 76.2 Å². The zero-order valence-electron chi connectivity index (χ0n) is 41.2. The Morgan fingerprint density at radius 2 is 1.69 bits per heavy atom. The molecule has 3 aromatic carbocycles. The highest BCUT2D eigenvalue weighted by Gasteiger charge is 2.50. The molecule has 4 aliphatic rings. The maximum absolute atomic E-state index is 14.3. The van der Waals surface area contributed by atoms with Crippen molar-refractivity contribution in [3.8, 4) is 16.2 Å². The summed E-state index contributed by atoms with van der Waals surface area (Å²) in [6.45, 7) is 7.69. The molecule has 0 spiro atoms. The lowest BCUT2D eigenvalue weighted by atomic mass is 9.85. The van der Waals surface area contributed by atoms with Crippen molar-refractivity contribution in [1.29, 1.82) is 0 Å². The molecule has 1 aromatic heterocycles. The number of amides is 6. The summed E-state index contributed by atoms with van der Waals surface area (Å²) < 4.78 is 6.18. The molecule has 8 rings (SSSR count). The zero-order chi connectivity index (χ0) is 50.6. The summed E-state index contributed by atoms with van der Waals surface area (Å²) in [5, 5.41) is 20.0. The minimum atomic E-state index is -0.912. The van der Waals surface area contributed by atoms with Gasteiger partial charge in [0.05, 0.1) is 45.5 Å². The van der Waals surface area contributed by atoms with E-state index in [-0.39, 0.29) is 62.5 Å². The van der Waals surface area contributed by atoms with Gasteiger partial charge in [0.2, 0.25) is 35.4 Å². The molecule has 0 unspecified atom stereocenters. The number of aryl methyl sites for hydroxylation is 3. The van der Waals surface area contributed by atoms with Gasteiger partial charge in [-0.15, -0.1) is 11.3 Å². The number of unbranched alkanes of at least 4 members (excludes halogenated alkanes) is 2. The summed E-state index contributed by atoms with van der Waals surface area (Å²) in [6.07, 6.45) is 5.66. The number of nitrogens with one attached hydrogen (secondary N) is 3. The van der Waals surface area contributed by atoms with Gasteiger partial charge in [-0.3, -0.25) is 33.7 Å². The monoisotopic (exact) mass is 988 g/mol. The number of hydrogen-bond acceptors (Lipinski definition) is 11. The largest absolute Gasteiger partial charge is 0.491 e. The van der Waals surface area contributed by atoms with E-state index in [9.17, 15) is 33.9 Å². The number of carbonyl (C=O) groups excluding carboxylic acids is 6. The minimum Gasteiger partial charge on any atom is -0.491 e. The van der Waals surface area contributed by atoms with E-state index in [1.165, 1.54) is 4.90 Å². The smallest absolute Gasteiger partial charge is 0.246 e. The van der Waals surface area contributed by atoms with Crippen molar-refractivity contribution in [3.05, 3.63) is 100 Å². The summed E-state index contributed by atoms with van der Waals surface area (Å²) in [5.74, 6) is -1.50. The first kappa shape index (κ1) is 51.2. The predicted molar refractivity (Wildman–Crippen MR) is 271 cm³/mol. The molecule has 17 heteroatoms. The third kappa shape index (κ3) is 12.0. The van der Waals surface area contributed by atoms with Gasteiger partial charge in [-0.05, 0) is 104 Å². The number of rotatable bonds is 20. The Morgan fingerprint density at radius 3 is 2.39 bits per heavy atom. The van der Waals surface area contributed by atoms with Crippen molar-refractivity contribution in [2.24, 2.45) is 16.9 Å². The Bertz CT molecular complexity index is 2630. The molecule has 0 radical (unpaired) electrons. The number of aliphatic hydroxyl groups is 1.